The topological polar surface area (TPSA) is 37.4 Å². The molecule has 0 aromatic heterocycles. The first kappa shape index (κ1) is 12.1. The van der Waals surface area contributed by atoms with E-state index < -0.39 is 0 Å². The first-order valence-corrected chi connectivity index (χ1v) is 6.11. The van der Waals surface area contributed by atoms with Gasteiger partial charge in [-0.05, 0) is 24.6 Å². The van der Waals surface area contributed by atoms with Gasteiger partial charge in [0.1, 0.15) is 5.78 Å². The number of halogens is 1. The molecule has 1 fully saturated rings. The molecule has 1 aliphatic heterocycles. The van der Waals surface area contributed by atoms with E-state index >= 15 is 0 Å². The molecule has 0 bridgehead atoms. The summed E-state index contributed by atoms with van der Waals surface area (Å²) in [4.78, 5) is 25.2. The molecule has 0 spiro atoms. The van der Waals surface area contributed by atoms with E-state index in [9.17, 15) is 9.59 Å². The van der Waals surface area contributed by atoms with E-state index in [1.807, 2.05) is 0 Å². The molecule has 0 atom stereocenters. The van der Waals surface area contributed by atoms with Crippen molar-refractivity contribution in [1.29, 1.82) is 0 Å². The van der Waals surface area contributed by atoms with Gasteiger partial charge in [0.2, 0.25) is 0 Å². The lowest BCUT2D eigenvalue weighted by Gasteiger charge is -2.19. The fourth-order valence-corrected chi connectivity index (χ4v) is 2.16. The van der Waals surface area contributed by atoms with E-state index in [0.29, 0.717) is 36.5 Å². The predicted molar refractivity (Wildman–Crippen MR) is 66.2 cm³/mol. The molecule has 0 aliphatic carbocycles. The zero-order chi connectivity index (χ0) is 12.3. The van der Waals surface area contributed by atoms with Crippen LogP contribution < -0.4 is 0 Å². The van der Waals surface area contributed by atoms with Crippen LogP contribution in [0.5, 0.6) is 0 Å². The number of nitrogens with zero attached hydrogens (tertiary/aromatic N) is 1. The number of carbonyl (C=O) groups is 2. The van der Waals surface area contributed by atoms with Crippen LogP contribution in [0.3, 0.4) is 0 Å². The summed E-state index contributed by atoms with van der Waals surface area (Å²) in [6.07, 6.45) is 1.80. The lowest BCUT2D eigenvalue weighted by molar-refractivity contribution is -0.118. The first-order valence-electron chi connectivity index (χ1n) is 5.73. The Morgan fingerprint density at radius 1 is 1.24 bits per heavy atom. The molecule has 4 heteroatoms. The molecule has 0 saturated carbocycles. The maximum atomic E-state index is 12.2. The maximum Gasteiger partial charge on any atom is 0.253 e. The van der Waals surface area contributed by atoms with Gasteiger partial charge in [0.05, 0.1) is 0 Å². The molecule has 1 aliphatic rings. The van der Waals surface area contributed by atoms with Gasteiger partial charge in [-0.15, -0.1) is 0 Å². The second-order valence-electron chi connectivity index (χ2n) is 4.19. The third-order valence-corrected chi connectivity index (χ3v) is 3.14. The molecule has 17 heavy (non-hydrogen) atoms. The fourth-order valence-electron chi connectivity index (χ4n) is 1.97. The Hall–Kier alpha value is -1.35. The van der Waals surface area contributed by atoms with Crippen molar-refractivity contribution in [2.24, 2.45) is 0 Å². The zero-order valence-corrected chi connectivity index (χ0v) is 10.2. The standard InChI is InChI=1S/C13H14ClNO2/c14-11-4-1-3-10(9-11)13(17)15-7-2-5-12(16)6-8-15/h1,3-4,9H,2,5-8H2. The third kappa shape index (κ3) is 3.07. The highest BCUT2D eigenvalue weighted by Gasteiger charge is 2.19. The molecule has 1 aromatic carbocycles. The van der Waals surface area contributed by atoms with Crippen LogP contribution in [0, 0.1) is 0 Å². The molecule has 0 N–H and O–H groups in total. The second kappa shape index (κ2) is 5.32. The number of ketones is 1. The van der Waals surface area contributed by atoms with E-state index in [1.165, 1.54) is 0 Å². The number of Topliss-reactive ketones (excluding diaryl/α,β-unsaturated/α-hetero) is 1. The lowest BCUT2D eigenvalue weighted by atomic mass is 10.2. The smallest absolute Gasteiger partial charge is 0.253 e. The summed E-state index contributed by atoms with van der Waals surface area (Å²) in [5.74, 6) is 0.202. The number of amides is 1. The van der Waals surface area contributed by atoms with E-state index in [4.69, 9.17) is 11.6 Å². The van der Waals surface area contributed by atoms with Gasteiger partial charge in [-0.1, -0.05) is 17.7 Å². The van der Waals surface area contributed by atoms with E-state index in [1.54, 1.807) is 29.2 Å². The van der Waals surface area contributed by atoms with E-state index in [2.05, 4.69) is 0 Å². The minimum atomic E-state index is -0.0396. The van der Waals surface area contributed by atoms with Crippen LogP contribution in [0.4, 0.5) is 0 Å². The zero-order valence-electron chi connectivity index (χ0n) is 9.49. The second-order valence-corrected chi connectivity index (χ2v) is 4.63. The van der Waals surface area contributed by atoms with Crippen LogP contribution in [-0.4, -0.2) is 29.7 Å². The largest absolute Gasteiger partial charge is 0.338 e. The Kier molecular flexibility index (Phi) is 3.79. The molecule has 0 radical (unpaired) electrons. The Bertz CT molecular complexity index is 445. The van der Waals surface area contributed by atoms with Crippen molar-refractivity contribution in [3.8, 4) is 0 Å². The van der Waals surface area contributed by atoms with Crippen LogP contribution in [-0.2, 0) is 4.79 Å². The number of benzene rings is 1. The van der Waals surface area contributed by atoms with Gasteiger partial charge in [-0.2, -0.15) is 0 Å². The molecular weight excluding hydrogens is 238 g/mol. The monoisotopic (exact) mass is 251 g/mol. The van der Waals surface area contributed by atoms with Crippen molar-refractivity contribution >= 4 is 23.3 Å². The molecule has 1 amide bonds. The van der Waals surface area contributed by atoms with Gasteiger partial charge in [-0.25, -0.2) is 0 Å². The quantitative estimate of drug-likeness (QED) is 0.769. The normalized spacial score (nSPS) is 16.8. The number of carbonyl (C=O) groups excluding carboxylic acids is 2. The highest BCUT2D eigenvalue weighted by Crippen LogP contribution is 2.15. The van der Waals surface area contributed by atoms with Gasteiger partial charge in [0.25, 0.3) is 5.91 Å². The number of hydrogen-bond acceptors (Lipinski definition) is 2. The van der Waals surface area contributed by atoms with Gasteiger partial charge in [0.15, 0.2) is 0 Å². The van der Waals surface area contributed by atoms with Crippen molar-refractivity contribution in [2.45, 2.75) is 19.3 Å². The molecule has 90 valence electrons. The van der Waals surface area contributed by atoms with Crippen molar-refractivity contribution in [3.05, 3.63) is 34.9 Å². The van der Waals surface area contributed by atoms with Crippen LogP contribution >= 0.6 is 11.6 Å². The summed E-state index contributed by atoms with van der Waals surface area (Å²) < 4.78 is 0. The number of hydrogen-bond donors (Lipinski definition) is 0. The highest BCUT2D eigenvalue weighted by molar-refractivity contribution is 6.30. The van der Waals surface area contributed by atoms with E-state index in [-0.39, 0.29) is 11.7 Å². The first-order chi connectivity index (χ1) is 8.16. The van der Waals surface area contributed by atoms with Crippen LogP contribution in [0.25, 0.3) is 0 Å². The third-order valence-electron chi connectivity index (χ3n) is 2.90. The van der Waals surface area contributed by atoms with Crippen LogP contribution in [0.2, 0.25) is 5.02 Å². The summed E-state index contributed by atoms with van der Waals surface area (Å²) in [5.41, 5.74) is 0.590. The average Bonchev–Trinajstić information content (AvgIpc) is 2.53. The maximum absolute atomic E-state index is 12.2. The highest BCUT2D eigenvalue weighted by atomic mass is 35.5. The molecule has 1 saturated heterocycles. The molecule has 0 unspecified atom stereocenters. The van der Waals surface area contributed by atoms with Gasteiger partial charge < -0.3 is 4.90 Å². The Balaban J connectivity index is 2.11. The molecule has 1 aromatic rings. The summed E-state index contributed by atoms with van der Waals surface area (Å²) >= 11 is 5.86. The number of likely N-dealkylation sites (tertiary alicyclic amines) is 1. The summed E-state index contributed by atoms with van der Waals surface area (Å²) in [5, 5.41) is 0.557. The number of rotatable bonds is 1. The van der Waals surface area contributed by atoms with Gasteiger partial charge in [-0.3, -0.25) is 9.59 Å². The van der Waals surface area contributed by atoms with Crippen molar-refractivity contribution < 1.29 is 9.59 Å². The Morgan fingerprint density at radius 2 is 2.06 bits per heavy atom. The molecule has 2 rings (SSSR count). The minimum absolute atomic E-state index is 0.0396. The van der Waals surface area contributed by atoms with Crippen molar-refractivity contribution in [2.75, 3.05) is 13.1 Å². The minimum Gasteiger partial charge on any atom is -0.338 e. The van der Waals surface area contributed by atoms with Crippen LogP contribution in [0.15, 0.2) is 24.3 Å². The average molecular weight is 252 g/mol. The lowest BCUT2D eigenvalue weighted by Crippen LogP contribution is -2.32. The molecular formula is C13H14ClNO2. The summed E-state index contributed by atoms with van der Waals surface area (Å²) in [6, 6.07) is 6.92. The Morgan fingerprint density at radius 3 is 2.82 bits per heavy atom. The Labute approximate surface area is 105 Å². The van der Waals surface area contributed by atoms with Crippen molar-refractivity contribution in [1.82, 2.24) is 4.90 Å². The van der Waals surface area contributed by atoms with E-state index in [0.717, 1.165) is 6.42 Å². The summed E-state index contributed by atoms with van der Waals surface area (Å²) in [7, 11) is 0. The van der Waals surface area contributed by atoms with Crippen molar-refractivity contribution in [3.63, 3.8) is 0 Å². The molecule has 3 nitrogen and oxygen atoms in total. The SMILES string of the molecule is O=C1CCCN(C(=O)c2cccc(Cl)c2)CC1. The fraction of sp³-hybridized carbons (Fsp3) is 0.385. The molecule has 1 heterocycles. The van der Waals surface area contributed by atoms with Gasteiger partial charge >= 0.3 is 0 Å². The van der Waals surface area contributed by atoms with Gasteiger partial charge in [0, 0.05) is 36.5 Å². The predicted octanol–water partition coefficient (Wildman–Crippen LogP) is 2.54. The summed E-state index contributed by atoms with van der Waals surface area (Å²) in [6.45, 7) is 1.17. The van der Waals surface area contributed by atoms with Crippen LogP contribution in [0.1, 0.15) is 29.6 Å².